The van der Waals surface area contributed by atoms with Crippen molar-refractivity contribution in [3.05, 3.63) is 12.7 Å². The molecule has 0 heterocycles. The van der Waals surface area contributed by atoms with Gasteiger partial charge in [-0.3, -0.25) is 4.79 Å². The highest BCUT2D eigenvalue weighted by molar-refractivity contribution is 5.79. The molecule has 0 aromatic heterocycles. The van der Waals surface area contributed by atoms with Crippen LogP contribution in [0.2, 0.25) is 0 Å². The van der Waals surface area contributed by atoms with Crippen molar-refractivity contribution in [1.82, 2.24) is 0 Å². The first-order valence-corrected chi connectivity index (χ1v) is 12.8. The molecule has 5 aliphatic rings. The van der Waals surface area contributed by atoms with Gasteiger partial charge in [0.05, 0.1) is 0 Å². The first-order chi connectivity index (χ1) is 13.6. The van der Waals surface area contributed by atoms with E-state index in [0.29, 0.717) is 27.9 Å². The van der Waals surface area contributed by atoms with Crippen molar-refractivity contribution in [1.29, 1.82) is 0 Å². The Morgan fingerprint density at radius 3 is 2.17 bits per heavy atom. The third-order valence-corrected chi connectivity index (χ3v) is 12.4. The minimum atomic E-state index is 0.343. The minimum Gasteiger partial charge on any atom is -0.300 e. The van der Waals surface area contributed by atoms with E-state index in [1.807, 2.05) is 0 Å². The maximum atomic E-state index is 12.1. The molecule has 0 N–H and O–H groups in total. The minimum absolute atomic E-state index is 0.343. The lowest BCUT2D eigenvalue weighted by Crippen LogP contribution is -2.53. The highest BCUT2D eigenvalue weighted by Crippen LogP contribution is 2.75. The number of ketones is 1. The summed E-state index contributed by atoms with van der Waals surface area (Å²) in [5, 5.41) is 0. The van der Waals surface area contributed by atoms with Crippen molar-refractivity contribution in [3.8, 4) is 0 Å². The van der Waals surface area contributed by atoms with Gasteiger partial charge in [0.2, 0.25) is 0 Å². The number of Topliss-reactive ketones (excluding diaryl/α,β-unsaturated/α-hetero) is 1. The topological polar surface area (TPSA) is 17.1 Å². The van der Waals surface area contributed by atoms with E-state index in [-0.39, 0.29) is 0 Å². The fourth-order valence-electron chi connectivity index (χ4n) is 10.3. The van der Waals surface area contributed by atoms with Crippen LogP contribution >= 0.6 is 0 Å². The van der Waals surface area contributed by atoms with E-state index in [1.54, 1.807) is 0 Å². The van der Waals surface area contributed by atoms with Gasteiger partial charge >= 0.3 is 0 Å². The van der Waals surface area contributed by atoms with Crippen LogP contribution in [0.15, 0.2) is 12.7 Å². The average Bonchev–Trinajstić information content (AvgIpc) is 2.82. The summed E-state index contributed by atoms with van der Waals surface area (Å²) in [6.07, 6.45) is 13.8. The molecular formula is C28H44O. The second-order valence-electron chi connectivity index (χ2n) is 13.0. The van der Waals surface area contributed by atoms with Gasteiger partial charge in [-0.15, -0.1) is 6.58 Å². The molecule has 0 aromatic carbocycles. The Hall–Kier alpha value is -0.590. The molecule has 5 aliphatic carbocycles. The standard InChI is InChI=1S/C28H44O/c1-7-28-15-14-23-22-10-8-18-16-19(29)9-11-20(18)21(22)12-13-24(23)25(28)27(5,6)26(3,4)17(28)2/h7,17-18,20-25H,1,8-16H2,2-6H3. The molecule has 0 aromatic rings. The molecular weight excluding hydrogens is 352 g/mol. The van der Waals surface area contributed by atoms with Crippen LogP contribution < -0.4 is 0 Å². The lowest BCUT2D eigenvalue weighted by Gasteiger charge is -2.60. The summed E-state index contributed by atoms with van der Waals surface area (Å²) in [5.74, 6) is 7.35. The molecule has 5 fully saturated rings. The number of carbonyl (C=O) groups excluding carboxylic acids is 1. The number of fused-ring (bicyclic) bond motifs is 7. The molecule has 0 bridgehead atoms. The summed E-state index contributed by atoms with van der Waals surface area (Å²) in [6.45, 7) is 17.3. The van der Waals surface area contributed by atoms with Crippen LogP contribution in [0.25, 0.3) is 0 Å². The Morgan fingerprint density at radius 1 is 0.828 bits per heavy atom. The molecule has 29 heavy (non-hydrogen) atoms. The summed E-state index contributed by atoms with van der Waals surface area (Å²) < 4.78 is 0. The van der Waals surface area contributed by atoms with E-state index >= 15 is 0 Å². The monoisotopic (exact) mass is 396 g/mol. The van der Waals surface area contributed by atoms with Crippen molar-refractivity contribution >= 4 is 5.78 Å². The smallest absolute Gasteiger partial charge is 0.133 e. The van der Waals surface area contributed by atoms with Gasteiger partial charge in [0.15, 0.2) is 0 Å². The fourth-order valence-corrected chi connectivity index (χ4v) is 10.3. The third-order valence-electron chi connectivity index (χ3n) is 12.4. The zero-order valence-corrected chi connectivity index (χ0v) is 19.7. The predicted molar refractivity (Wildman–Crippen MR) is 120 cm³/mol. The molecule has 1 nitrogen and oxygen atoms in total. The van der Waals surface area contributed by atoms with Crippen LogP contribution in [-0.2, 0) is 4.79 Å². The first kappa shape index (κ1) is 20.3. The van der Waals surface area contributed by atoms with Crippen LogP contribution in [0.4, 0.5) is 0 Å². The lowest BCUT2D eigenvalue weighted by molar-refractivity contribution is -0.130. The zero-order valence-electron chi connectivity index (χ0n) is 19.7. The second-order valence-corrected chi connectivity index (χ2v) is 13.0. The van der Waals surface area contributed by atoms with Gasteiger partial charge in [0.1, 0.15) is 5.78 Å². The summed E-state index contributed by atoms with van der Waals surface area (Å²) in [5.41, 5.74) is 1.07. The number of allylic oxidation sites excluding steroid dienone is 1. The van der Waals surface area contributed by atoms with Gasteiger partial charge in [-0.05, 0) is 109 Å². The molecule has 9 unspecified atom stereocenters. The second kappa shape index (κ2) is 6.46. The molecule has 0 saturated heterocycles. The summed E-state index contributed by atoms with van der Waals surface area (Å²) >= 11 is 0. The van der Waals surface area contributed by atoms with E-state index in [0.717, 1.165) is 54.3 Å². The van der Waals surface area contributed by atoms with E-state index < -0.39 is 0 Å². The Bertz CT molecular complexity index is 701. The number of rotatable bonds is 1. The van der Waals surface area contributed by atoms with Gasteiger partial charge in [0, 0.05) is 12.8 Å². The molecule has 0 radical (unpaired) electrons. The van der Waals surface area contributed by atoms with Crippen LogP contribution in [0.1, 0.15) is 92.4 Å². The van der Waals surface area contributed by atoms with Crippen LogP contribution in [0, 0.1) is 63.6 Å². The van der Waals surface area contributed by atoms with Crippen molar-refractivity contribution in [2.75, 3.05) is 0 Å². The highest BCUT2D eigenvalue weighted by Gasteiger charge is 2.69. The third kappa shape index (κ3) is 2.48. The Kier molecular flexibility index (Phi) is 4.53. The van der Waals surface area contributed by atoms with E-state index in [9.17, 15) is 4.79 Å². The molecule has 162 valence electrons. The average molecular weight is 397 g/mol. The Balaban J connectivity index is 1.47. The van der Waals surface area contributed by atoms with Crippen molar-refractivity contribution in [2.24, 2.45) is 63.6 Å². The van der Waals surface area contributed by atoms with E-state index in [4.69, 9.17) is 0 Å². The molecule has 0 amide bonds. The number of hydrogen-bond acceptors (Lipinski definition) is 1. The number of carbonyl (C=O) groups is 1. The molecule has 5 saturated carbocycles. The van der Waals surface area contributed by atoms with Crippen LogP contribution in [0.3, 0.4) is 0 Å². The maximum Gasteiger partial charge on any atom is 0.133 e. The normalized spacial score (nSPS) is 52.7. The quantitative estimate of drug-likeness (QED) is 0.425. The van der Waals surface area contributed by atoms with Crippen LogP contribution in [-0.4, -0.2) is 5.78 Å². The van der Waals surface area contributed by atoms with Gasteiger partial charge in [-0.2, -0.15) is 0 Å². The molecule has 9 atom stereocenters. The van der Waals surface area contributed by atoms with Crippen molar-refractivity contribution in [2.45, 2.75) is 92.4 Å². The summed E-state index contributed by atoms with van der Waals surface area (Å²) in [4.78, 5) is 12.1. The van der Waals surface area contributed by atoms with Gasteiger partial charge < -0.3 is 0 Å². The van der Waals surface area contributed by atoms with Gasteiger partial charge in [0.25, 0.3) is 0 Å². The largest absolute Gasteiger partial charge is 0.300 e. The van der Waals surface area contributed by atoms with Crippen molar-refractivity contribution in [3.63, 3.8) is 0 Å². The molecule has 1 heteroatoms. The molecule has 0 aliphatic heterocycles. The van der Waals surface area contributed by atoms with E-state index in [1.165, 1.54) is 44.9 Å². The first-order valence-electron chi connectivity index (χ1n) is 12.8. The van der Waals surface area contributed by atoms with Crippen molar-refractivity contribution < 1.29 is 4.79 Å². The molecule has 5 rings (SSSR count). The van der Waals surface area contributed by atoms with Gasteiger partial charge in [-0.25, -0.2) is 0 Å². The number of hydrogen-bond donors (Lipinski definition) is 0. The van der Waals surface area contributed by atoms with E-state index in [2.05, 4.69) is 47.3 Å². The molecule has 0 spiro atoms. The zero-order chi connectivity index (χ0) is 20.8. The Labute approximate surface area is 179 Å². The summed E-state index contributed by atoms with van der Waals surface area (Å²) in [7, 11) is 0. The summed E-state index contributed by atoms with van der Waals surface area (Å²) in [6, 6.07) is 0. The van der Waals surface area contributed by atoms with Gasteiger partial charge in [-0.1, -0.05) is 40.7 Å². The van der Waals surface area contributed by atoms with Crippen LogP contribution in [0.5, 0.6) is 0 Å². The fraction of sp³-hybridized carbons (Fsp3) is 0.893. The Morgan fingerprint density at radius 2 is 1.45 bits per heavy atom. The maximum absolute atomic E-state index is 12.1. The lowest BCUT2D eigenvalue weighted by atomic mass is 9.45. The predicted octanol–water partition coefficient (Wildman–Crippen LogP) is 7.31. The highest BCUT2D eigenvalue weighted by atomic mass is 16.1. The SMILES string of the molecule is C=CC12CCC3C4CCC5CC(=O)CCC5C4CCC3C1C(C)(C)C(C)(C)C2C.